The van der Waals surface area contributed by atoms with Crippen LogP contribution in [0.5, 0.6) is 0 Å². The number of hydrogen-bond acceptors (Lipinski definition) is 6. The molecule has 0 spiro atoms. The highest BCUT2D eigenvalue weighted by Gasteiger charge is 2.59. The molecule has 0 heterocycles. The number of Topliss-reactive ketones (excluding diaryl/α,β-unsaturated/α-hetero) is 1. The van der Waals surface area contributed by atoms with Crippen molar-refractivity contribution in [2.24, 2.45) is 34.5 Å². The lowest BCUT2D eigenvalue weighted by Crippen LogP contribution is -2.51. The van der Waals surface area contributed by atoms with Crippen molar-refractivity contribution in [1.29, 1.82) is 0 Å². The van der Waals surface area contributed by atoms with Gasteiger partial charge in [0, 0.05) is 12.8 Å². The molecule has 0 aromatic rings. The Kier molecular flexibility index (Phi) is 6.49. The van der Waals surface area contributed by atoms with Crippen LogP contribution in [-0.4, -0.2) is 38.2 Å². The zero-order chi connectivity index (χ0) is 24.0. The minimum Gasteiger partial charge on any atom is -0.469 e. The number of hydrogen-bond donors (Lipinski definition) is 0. The van der Waals surface area contributed by atoms with Crippen LogP contribution in [0.15, 0.2) is 23.3 Å². The smallest absolute Gasteiger partial charge is 0.469 e. The van der Waals surface area contributed by atoms with Gasteiger partial charge in [0.25, 0.3) is 0 Å². The fourth-order valence-corrected chi connectivity index (χ4v) is 7.42. The van der Waals surface area contributed by atoms with Crippen LogP contribution in [0.3, 0.4) is 0 Å². The number of ether oxygens (including phenoxy) is 3. The lowest BCUT2D eigenvalue weighted by atomic mass is 9.48. The second kappa shape index (κ2) is 8.92. The Bertz CT molecular complexity index is 887. The number of rotatable bonds is 5. The topological polar surface area (TPSA) is 78.9 Å². The van der Waals surface area contributed by atoms with E-state index in [1.807, 2.05) is 0 Å². The molecule has 6 nitrogen and oxygen atoms in total. The first kappa shape index (κ1) is 24.0. The molecule has 33 heavy (non-hydrogen) atoms. The SMILES string of the molecule is COC(=O)CC[C@H](C)[C@@H]1CC=C2C3=CC[C@@H]4C[C@H](OC(=O)OC)CC[C@]4(C)[C@@H]3CC(=O)[C@@]21C. The molecule has 182 valence electrons. The number of carbonyl (C=O) groups excluding carboxylic acids is 3. The molecule has 0 aromatic heterocycles. The van der Waals surface area contributed by atoms with E-state index < -0.39 is 11.6 Å². The van der Waals surface area contributed by atoms with Crippen molar-refractivity contribution < 1.29 is 28.6 Å². The molecule has 4 aliphatic rings. The molecule has 0 radical (unpaired) electrons. The summed E-state index contributed by atoms with van der Waals surface area (Å²) < 4.78 is 15.0. The fraction of sp³-hybridized carbons (Fsp3) is 0.741. The van der Waals surface area contributed by atoms with Crippen LogP contribution in [-0.2, 0) is 23.8 Å². The van der Waals surface area contributed by atoms with Crippen LogP contribution >= 0.6 is 0 Å². The average Bonchev–Trinajstić information content (AvgIpc) is 3.16. The standard InChI is InChI=1S/C27H38O6/c1-16(6-11-24(29)31-4)20-9-10-21-19-8-7-17-14-18(33-25(30)32-5)12-13-26(17,2)22(19)15-23(28)27(20,21)3/h8,10,16-18,20,22H,6-7,9,11-15H2,1-5H3/t16-,17+,18+,20-,22+,26-,27+/m0/s1. The van der Waals surface area contributed by atoms with Crippen LogP contribution in [0.1, 0.15) is 72.1 Å². The van der Waals surface area contributed by atoms with Gasteiger partial charge in [-0.1, -0.05) is 26.0 Å². The first-order chi connectivity index (χ1) is 15.6. The minimum atomic E-state index is -0.609. The van der Waals surface area contributed by atoms with Crippen LogP contribution in [0.25, 0.3) is 0 Å². The van der Waals surface area contributed by atoms with Crippen LogP contribution in [0, 0.1) is 34.5 Å². The van der Waals surface area contributed by atoms with Crippen molar-refractivity contribution in [3.05, 3.63) is 23.3 Å². The van der Waals surface area contributed by atoms with Gasteiger partial charge in [-0.3, -0.25) is 9.59 Å². The molecule has 0 amide bonds. The van der Waals surface area contributed by atoms with Crippen LogP contribution in [0.2, 0.25) is 0 Å². The Hall–Kier alpha value is -2.11. The van der Waals surface area contributed by atoms with E-state index in [4.69, 9.17) is 9.47 Å². The minimum absolute atomic E-state index is 0.0342. The molecule has 0 bridgehead atoms. The second-order valence-corrected chi connectivity index (χ2v) is 11.0. The Morgan fingerprint density at radius 2 is 1.91 bits per heavy atom. The molecule has 0 unspecified atom stereocenters. The normalized spacial score (nSPS) is 38.2. The quantitative estimate of drug-likeness (QED) is 0.513. The Balaban J connectivity index is 1.54. The summed E-state index contributed by atoms with van der Waals surface area (Å²) in [5, 5.41) is 0. The van der Waals surface area contributed by atoms with Crippen molar-refractivity contribution in [1.82, 2.24) is 0 Å². The highest BCUT2D eigenvalue weighted by atomic mass is 16.7. The van der Waals surface area contributed by atoms with Gasteiger partial charge in [0.1, 0.15) is 11.9 Å². The van der Waals surface area contributed by atoms with Crippen molar-refractivity contribution in [3.8, 4) is 0 Å². The average molecular weight is 459 g/mol. The maximum Gasteiger partial charge on any atom is 0.508 e. The Labute approximate surface area is 197 Å². The zero-order valence-corrected chi connectivity index (χ0v) is 20.6. The second-order valence-electron chi connectivity index (χ2n) is 11.0. The van der Waals surface area contributed by atoms with Gasteiger partial charge in [0.15, 0.2) is 0 Å². The van der Waals surface area contributed by atoms with Gasteiger partial charge >= 0.3 is 12.1 Å². The number of ketones is 1. The van der Waals surface area contributed by atoms with E-state index in [2.05, 4.69) is 37.7 Å². The molecular weight excluding hydrogens is 420 g/mol. The molecule has 0 saturated heterocycles. The highest BCUT2D eigenvalue weighted by Crippen LogP contribution is 2.64. The lowest BCUT2D eigenvalue weighted by molar-refractivity contribution is -0.141. The third-order valence-corrected chi connectivity index (χ3v) is 9.58. The van der Waals surface area contributed by atoms with E-state index in [-0.39, 0.29) is 35.2 Å². The Morgan fingerprint density at radius 1 is 1.15 bits per heavy atom. The summed E-state index contributed by atoms with van der Waals surface area (Å²) in [6.07, 6.45) is 10.1. The summed E-state index contributed by atoms with van der Waals surface area (Å²) in [7, 11) is 2.77. The van der Waals surface area contributed by atoms with Crippen molar-refractivity contribution in [2.45, 2.75) is 78.2 Å². The predicted molar refractivity (Wildman–Crippen MR) is 123 cm³/mol. The molecular formula is C27H38O6. The van der Waals surface area contributed by atoms with Gasteiger partial charge < -0.3 is 14.2 Å². The third kappa shape index (κ3) is 3.93. The van der Waals surface area contributed by atoms with E-state index in [0.29, 0.717) is 24.5 Å². The molecule has 0 aliphatic heterocycles. The Morgan fingerprint density at radius 3 is 2.61 bits per heavy atom. The monoisotopic (exact) mass is 458 g/mol. The molecule has 2 saturated carbocycles. The van der Waals surface area contributed by atoms with Crippen LogP contribution < -0.4 is 0 Å². The van der Waals surface area contributed by atoms with Crippen molar-refractivity contribution >= 4 is 17.9 Å². The van der Waals surface area contributed by atoms with Crippen LogP contribution in [0.4, 0.5) is 4.79 Å². The summed E-state index contributed by atoms with van der Waals surface area (Å²) in [5.41, 5.74) is 2.19. The molecule has 0 aromatic carbocycles. The van der Waals surface area contributed by atoms with Crippen molar-refractivity contribution in [2.75, 3.05) is 14.2 Å². The summed E-state index contributed by atoms with van der Waals surface area (Å²) in [6, 6.07) is 0. The van der Waals surface area contributed by atoms with Gasteiger partial charge in [0.2, 0.25) is 0 Å². The first-order valence-corrected chi connectivity index (χ1v) is 12.4. The molecule has 4 rings (SSSR count). The highest BCUT2D eigenvalue weighted by molar-refractivity contribution is 5.93. The number of allylic oxidation sites excluding steroid dienone is 4. The van der Waals surface area contributed by atoms with E-state index in [1.165, 1.54) is 25.4 Å². The van der Waals surface area contributed by atoms with Gasteiger partial charge in [-0.25, -0.2) is 4.79 Å². The molecule has 7 atom stereocenters. The molecule has 4 aliphatic carbocycles. The summed E-state index contributed by atoms with van der Waals surface area (Å²) >= 11 is 0. The zero-order valence-electron chi connectivity index (χ0n) is 20.6. The third-order valence-electron chi connectivity index (χ3n) is 9.58. The molecule has 0 N–H and O–H groups in total. The van der Waals surface area contributed by atoms with Gasteiger partial charge in [-0.05, 0) is 85.7 Å². The lowest BCUT2D eigenvalue weighted by Gasteiger charge is -2.55. The van der Waals surface area contributed by atoms with E-state index in [0.717, 1.165) is 38.5 Å². The fourth-order valence-electron chi connectivity index (χ4n) is 7.42. The van der Waals surface area contributed by atoms with E-state index >= 15 is 0 Å². The summed E-state index contributed by atoms with van der Waals surface area (Å²) in [6.45, 7) is 6.65. The number of methoxy groups -OCH3 is 2. The molecule has 2 fully saturated rings. The van der Waals surface area contributed by atoms with E-state index in [1.54, 1.807) is 0 Å². The number of carbonyl (C=O) groups is 3. The van der Waals surface area contributed by atoms with E-state index in [9.17, 15) is 14.4 Å². The number of esters is 1. The summed E-state index contributed by atoms with van der Waals surface area (Å²) in [5.74, 6) is 1.27. The van der Waals surface area contributed by atoms with Gasteiger partial charge in [-0.2, -0.15) is 0 Å². The maximum atomic E-state index is 13.8. The maximum absolute atomic E-state index is 13.8. The first-order valence-electron chi connectivity index (χ1n) is 12.4. The van der Waals surface area contributed by atoms with Gasteiger partial charge in [-0.15, -0.1) is 0 Å². The van der Waals surface area contributed by atoms with Gasteiger partial charge in [0.05, 0.1) is 19.6 Å². The molecule has 6 heteroatoms. The van der Waals surface area contributed by atoms with Crippen molar-refractivity contribution in [3.63, 3.8) is 0 Å². The predicted octanol–water partition coefficient (Wildman–Crippen LogP) is 5.41. The largest absolute Gasteiger partial charge is 0.508 e. The number of fused-ring (bicyclic) bond motifs is 5. The summed E-state index contributed by atoms with van der Waals surface area (Å²) in [4.78, 5) is 37.1.